The van der Waals surface area contributed by atoms with E-state index in [-0.39, 0.29) is 4.83 Å². The molecular formula is C14H19BrCl2O. The molecule has 0 aromatic heterocycles. The maximum Gasteiger partial charge on any atom is 0.139 e. The number of hydrogen-bond acceptors (Lipinski definition) is 1. The van der Waals surface area contributed by atoms with E-state index in [1.54, 1.807) is 6.07 Å². The van der Waals surface area contributed by atoms with Gasteiger partial charge in [0.1, 0.15) is 5.75 Å². The normalized spacial score (nSPS) is 14.7. The van der Waals surface area contributed by atoms with Crippen molar-refractivity contribution in [1.82, 2.24) is 0 Å². The summed E-state index contributed by atoms with van der Waals surface area (Å²) < 4.78 is 5.43. The minimum Gasteiger partial charge on any atom is -0.492 e. The first-order valence-corrected chi connectivity index (χ1v) is 7.81. The Labute approximate surface area is 128 Å². The van der Waals surface area contributed by atoms with E-state index in [4.69, 9.17) is 27.9 Å². The Morgan fingerprint density at radius 1 is 1.17 bits per heavy atom. The molecule has 18 heavy (non-hydrogen) atoms. The van der Waals surface area contributed by atoms with Crippen LogP contribution in [0.5, 0.6) is 5.75 Å². The molecule has 4 heteroatoms. The van der Waals surface area contributed by atoms with E-state index in [0.29, 0.717) is 34.2 Å². The van der Waals surface area contributed by atoms with Gasteiger partial charge in [-0.3, -0.25) is 0 Å². The van der Waals surface area contributed by atoms with Crippen molar-refractivity contribution in [1.29, 1.82) is 0 Å². The van der Waals surface area contributed by atoms with Crippen molar-refractivity contribution in [2.75, 3.05) is 6.61 Å². The zero-order valence-electron chi connectivity index (χ0n) is 11.1. The van der Waals surface area contributed by atoms with Crippen LogP contribution < -0.4 is 4.74 Å². The number of hydrogen-bond donors (Lipinski definition) is 0. The summed E-state index contributed by atoms with van der Waals surface area (Å²) in [5.74, 6) is 1.68. The van der Waals surface area contributed by atoms with E-state index in [9.17, 15) is 0 Å². The molecule has 0 bridgehead atoms. The molecule has 2 atom stereocenters. The zero-order chi connectivity index (χ0) is 13.9. The third-order valence-electron chi connectivity index (χ3n) is 3.16. The van der Waals surface area contributed by atoms with E-state index in [1.807, 2.05) is 13.0 Å². The second kappa shape index (κ2) is 7.02. The fourth-order valence-corrected chi connectivity index (χ4v) is 3.26. The summed E-state index contributed by atoms with van der Waals surface area (Å²) in [5, 5.41) is 1.30. The van der Waals surface area contributed by atoms with Crippen LogP contribution in [0.25, 0.3) is 0 Å². The highest BCUT2D eigenvalue weighted by Crippen LogP contribution is 2.42. The molecule has 0 heterocycles. The molecule has 0 amide bonds. The Morgan fingerprint density at radius 2 is 1.78 bits per heavy atom. The number of rotatable bonds is 5. The van der Waals surface area contributed by atoms with Crippen molar-refractivity contribution in [3.63, 3.8) is 0 Å². The van der Waals surface area contributed by atoms with Gasteiger partial charge in [-0.05, 0) is 30.4 Å². The maximum absolute atomic E-state index is 6.31. The van der Waals surface area contributed by atoms with Gasteiger partial charge in [-0.2, -0.15) is 0 Å². The number of ether oxygens (including phenoxy) is 1. The molecule has 1 aromatic rings. The van der Waals surface area contributed by atoms with E-state index in [1.165, 1.54) is 0 Å². The summed E-state index contributed by atoms with van der Waals surface area (Å²) >= 11 is 16.2. The third-order valence-corrected chi connectivity index (χ3v) is 5.11. The summed E-state index contributed by atoms with van der Waals surface area (Å²) in [7, 11) is 0. The molecule has 1 aromatic carbocycles. The molecule has 0 fully saturated rings. The summed E-state index contributed by atoms with van der Waals surface area (Å²) in [6.45, 7) is 9.10. The first-order valence-electron chi connectivity index (χ1n) is 6.14. The Kier molecular flexibility index (Phi) is 6.29. The van der Waals surface area contributed by atoms with Crippen LogP contribution in [-0.4, -0.2) is 6.61 Å². The Hall–Kier alpha value is 0.0800. The molecule has 0 saturated carbocycles. The molecule has 0 radical (unpaired) electrons. The largest absolute Gasteiger partial charge is 0.492 e. The van der Waals surface area contributed by atoms with Crippen LogP contribution in [0.2, 0.25) is 10.0 Å². The number of alkyl halides is 1. The first-order chi connectivity index (χ1) is 8.38. The van der Waals surface area contributed by atoms with Crippen molar-refractivity contribution >= 4 is 39.1 Å². The molecule has 1 rings (SSSR count). The predicted octanol–water partition coefficient (Wildman–Crippen LogP) is 6.12. The minimum absolute atomic E-state index is 0.193. The fraction of sp³-hybridized carbons (Fsp3) is 0.571. The lowest BCUT2D eigenvalue weighted by Crippen LogP contribution is -2.11. The van der Waals surface area contributed by atoms with Gasteiger partial charge in [0.15, 0.2) is 0 Å². The lowest BCUT2D eigenvalue weighted by Gasteiger charge is -2.23. The molecule has 0 aliphatic rings. The lowest BCUT2D eigenvalue weighted by atomic mass is 9.91. The Bertz CT molecular complexity index is 407. The van der Waals surface area contributed by atoms with Crippen LogP contribution >= 0.6 is 39.1 Å². The second-order valence-corrected chi connectivity index (χ2v) is 6.54. The quantitative estimate of drug-likeness (QED) is 0.579. The summed E-state index contributed by atoms with van der Waals surface area (Å²) in [5.41, 5.74) is 1.02. The molecule has 0 spiro atoms. The van der Waals surface area contributed by atoms with Gasteiger partial charge in [0, 0.05) is 15.9 Å². The molecule has 0 saturated heterocycles. The monoisotopic (exact) mass is 352 g/mol. The minimum atomic E-state index is 0.193. The average Bonchev–Trinajstić information content (AvgIpc) is 2.31. The van der Waals surface area contributed by atoms with E-state index < -0.39 is 0 Å². The summed E-state index contributed by atoms with van der Waals surface area (Å²) in [6.07, 6.45) is 0. The van der Waals surface area contributed by atoms with Crippen LogP contribution in [-0.2, 0) is 0 Å². The van der Waals surface area contributed by atoms with E-state index in [0.717, 1.165) is 5.56 Å². The van der Waals surface area contributed by atoms with Crippen molar-refractivity contribution in [3.05, 3.63) is 27.7 Å². The molecule has 0 aliphatic carbocycles. The first kappa shape index (κ1) is 16.1. The van der Waals surface area contributed by atoms with Crippen LogP contribution in [0.1, 0.15) is 38.1 Å². The lowest BCUT2D eigenvalue weighted by molar-refractivity contribution is 0.340. The number of halogens is 3. The molecule has 2 unspecified atom stereocenters. The zero-order valence-corrected chi connectivity index (χ0v) is 14.2. The van der Waals surface area contributed by atoms with Gasteiger partial charge in [-0.15, -0.1) is 0 Å². The highest BCUT2D eigenvalue weighted by molar-refractivity contribution is 9.09. The van der Waals surface area contributed by atoms with Gasteiger partial charge in [0.2, 0.25) is 0 Å². The molecule has 0 N–H and O–H groups in total. The predicted molar refractivity (Wildman–Crippen MR) is 83.3 cm³/mol. The SMILES string of the molecule is CCOc1cc(Cl)c(C(Br)C(C)C(C)C)cc1Cl. The topological polar surface area (TPSA) is 9.23 Å². The van der Waals surface area contributed by atoms with Crippen molar-refractivity contribution in [2.45, 2.75) is 32.5 Å². The number of benzene rings is 1. The van der Waals surface area contributed by atoms with Gasteiger partial charge in [0.25, 0.3) is 0 Å². The van der Waals surface area contributed by atoms with Gasteiger partial charge in [-0.1, -0.05) is 59.9 Å². The molecule has 0 aliphatic heterocycles. The van der Waals surface area contributed by atoms with Gasteiger partial charge >= 0.3 is 0 Å². The maximum atomic E-state index is 6.31. The van der Waals surface area contributed by atoms with Crippen molar-refractivity contribution < 1.29 is 4.74 Å². The molecular weight excluding hydrogens is 335 g/mol. The third kappa shape index (κ3) is 3.79. The van der Waals surface area contributed by atoms with Crippen molar-refractivity contribution in [3.8, 4) is 5.75 Å². The Balaban J connectivity index is 3.07. The van der Waals surface area contributed by atoms with E-state index in [2.05, 4.69) is 36.7 Å². The Morgan fingerprint density at radius 3 is 2.28 bits per heavy atom. The summed E-state index contributed by atoms with van der Waals surface area (Å²) in [4.78, 5) is 0.193. The van der Waals surface area contributed by atoms with Gasteiger partial charge < -0.3 is 4.74 Å². The van der Waals surface area contributed by atoms with Crippen molar-refractivity contribution in [2.24, 2.45) is 11.8 Å². The highest BCUT2D eigenvalue weighted by Gasteiger charge is 2.22. The van der Waals surface area contributed by atoms with Crippen LogP contribution in [0.3, 0.4) is 0 Å². The van der Waals surface area contributed by atoms with Gasteiger partial charge in [-0.25, -0.2) is 0 Å². The molecule has 102 valence electrons. The smallest absolute Gasteiger partial charge is 0.139 e. The highest BCUT2D eigenvalue weighted by atomic mass is 79.9. The van der Waals surface area contributed by atoms with Crippen LogP contribution in [0, 0.1) is 11.8 Å². The second-order valence-electron chi connectivity index (χ2n) is 4.74. The fourth-order valence-electron chi connectivity index (χ4n) is 1.64. The van der Waals surface area contributed by atoms with Gasteiger partial charge in [0.05, 0.1) is 11.6 Å². The van der Waals surface area contributed by atoms with Crippen LogP contribution in [0.4, 0.5) is 0 Å². The summed E-state index contributed by atoms with van der Waals surface area (Å²) in [6, 6.07) is 3.69. The van der Waals surface area contributed by atoms with Crippen LogP contribution in [0.15, 0.2) is 12.1 Å². The average molecular weight is 354 g/mol. The van der Waals surface area contributed by atoms with E-state index >= 15 is 0 Å². The standard InChI is InChI=1S/C14H19BrCl2O/c1-5-18-13-7-11(16)10(6-12(13)17)14(15)9(4)8(2)3/h6-9,14H,5H2,1-4H3. The molecule has 1 nitrogen and oxygen atoms in total.